The summed E-state index contributed by atoms with van der Waals surface area (Å²) in [7, 11) is 0. The van der Waals surface area contributed by atoms with E-state index in [1.807, 2.05) is 17.8 Å². The molecule has 0 radical (unpaired) electrons. The molecular formula is C24H21NS. The fourth-order valence-electron chi connectivity index (χ4n) is 3.18. The topological polar surface area (TPSA) is 23.8 Å². The van der Waals surface area contributed by atoms with Crippen molar-refractivity contribution in [1.82, 2.24) is 0 Å². The first kappa shape index (κ1) is 18.0. The summed E-state index contributed by atoms with van der Waals surface area (Å²) in [5, 5.41) is 8.72. The lowest BCUT2D eigenvalue weighted by molar-refractivity contribution is 0.892. The van der Waals surface area contributed by atoms with Gasteiger partial charge in [-0.1, -0.05) is 97.1 Å². The van der Waals surface area contributed by atoms with Crippen LogP contribution < -0.4 is 0 Å². The third kappa shape index (κ3) is 3.90. The predicted molar refractivity (Wildman–Crippen MR) is 111 cm³/mol. The number of nitrogens with zero attached hydrogens (tertiary/aromatic N) is 1. The van der Waals surface area contributed by atoms with Crippen LogP contribution in [0.4, 0.5) is 0 Å². The van der Waals surface area contributed by atoms with Crippen molar-refractivity contribution in [3.8, 4) is 6.07 Å². The Morgan fingerprint density at radius 1 is 0.731 bits per heavy atom. The molecule has 0 saturated carbocycles. The first-order chi connectivity index (χ1) is 12.9. The van der Waals surface area contributed by atoms with Gasteiger partial charge in [0.2, 0.25) is 0 Å². The van der Waals surface area contributed by atoms with E-state index in [2.05, 4.69) is 97.1 Å². The van der Waals surface area contributed by atoms with Crippen molar-refractivity contribution < 1.29 is 0 Å². The molecule has 26 heavy (non-hydrogen) atoms. The highest BCUT2D eigenvalue weighted by Crippen LogP contribution is 2.48. The molecule has 3 rings (SSSR count). The number of nitriles is 1. The minimum absolute atomic E-state index is 0.274. The average Bonchev–Trinajstić information content (AvgIpc) is 2.73. The third-order valence-electron chi connectivity index (χ3n) is 4.34. The van der Waals surface area contributed by atoms with Gasteiger partial charge in [0.25, 0.3) is 0 Å². The van der Waals surface area contributed by atoms with Gasteiger partial charge in [0.15, 0.2) is 0 Å². The van der Waals surface area contributed by atoms with Crippen LogP contribution in [0.2, 0.25) is 0 Å². The Bertz CT molecular complexity index is 768. The molecule has 128 valence electrons. The molecule has 0 bridgehead atoms. The van der Waals surface area contributed by atoms with Crippen LogP contribution in [0.15, 0.2) is 103 Å². The number of hydrogen-bond acceptors (Lipinski definition) is 2. The highest BCUT2D eigenvalue weighted by atomic mass is 32.2. The Morgan fingerprint density at radius 2 is 1.15 bits per heavy atom. The molecule has 0 heterocycles. The van der Waals surface area contributed by atoms with Crippen LogP contribution in [0.5, 0.6) is 0 Å². The smallest absolute Gasteiger partial charge is 0.0908 e. The maximum atomic E-state index is 8.72. The lowest BCUT2D eigenvalue weighted by atomic mass is 9.84. The summed E-state index contributed by atoms with van der Waals surface area (Å²) in [6.45, 7) is 0. The Balaban J connectivity index is 2.12. The van der Waals surface area contributed by atoms with Crippen molar-refractivity contribution in [2.24, 2.45) is 0 Å². The predicted octanol–water partition coefficient (Wildman–Crippen LogP) is 6.18. The lowest BCUT2D eigenvalue weighted by Gasteiger charge is -2.35. The van der Waals surface area contributed by atoms with Crippen molar-refractivity contribution in [2.75, 3.05) is 5.75 Å². The van der Waals surface area contributed by atoms with E-state index in [-0.39, 0.29) is 4.75 Å². The Morgan fingerprint density at radius 3 is 1.54 bits per heavy atom. The second kappa shape index (κ2) is 9.08. The molecular weight excluding hydrogens is 334 g/mol. The SMILES string of the molecule is N#CC=CCCSC(c1ccccc1)(c1ccccc1)c1ccccc1. The molecule has 0 spiro atoms. The van der Waals surface area contributed by atoms with Crippen LogP contribution >= 0.6 is 11.8 Å². The van der Waals surface area contributed by atoms with Gasteiger partial charge in [-0.2, -0.15) is 5.26 Å². The summed E-state index contributed by atoms with van der Waals surface area (Å²) in [5.74, 6) is 0.927. The number of rotatable bonds is 7. The number of thioether (sulfide) groups is 1. The first-order valence-electron chi connectivity index (χ1n) is 8.73. The minimum Gasteiger partial charge on any atom is -0.193 e. The lowest BCUT2D eigenvalue weighted by Crippen LogP contribution is -2.26. The van der Waals surface area contributed by atoms with Crippen LogP contribution in [0.3, 0.4) is 0 Å². The molecule has 1 nitrogen and oxygen atoms in total. The van der Waals surface area contributed by atoms with Crippen LogP contribution in [0.1, 0.15) is 23.1 Å². The van der Waals surface area contributed by atoms with E-state index in [0.29, 0.717) is 0 Å². The summed E-state index contributed by atoms with van der Waals surface area (Å²) < 4.78 is -0.274. The van der Waals surface area contributed by atoms with Gasteiger partial charge in [-0.15, -0.1) is 11.8 Å². The van der Waals surface area contributed by atoms with Crippen LogP contribution in [0, 0.1) is 11.3 Å². The maximum Gasteiger partial charge on any atom is 0.0908 e. The Labute approximate surface area is 160 Å². The minimum atomic E-state index is -0.274. The van der Waals surface area contributed by atoms with E-state index >= 15 is 0 Å². The zero-order valence-corrected chi connectivity index (χ0v) is 15.4. The molecule has 0 unspecified atom stereocenters. The molecule has 2 heteroatoms. The van der Waals surface area contributed by atoms with E-state index in [9.17, 15) is 0 Å². The fraction of sp³-hybridized carbons (Fsp3) is 0.125. The Kier molecular flexibility index (Phi) is 6.30. The van der Waals surface area contributed by atoms with E-state index in [4.69, 9.17) is 5.26 Å². The van der Waals surface area contributed by atoms with Gasteiger partial charge in [0, 0.05) is 6.08 Å². The van der Waals surface area contributed by atoms with Gasteiger partial charge in [-0.05, 0) is 28.9 Å². The standard InChI is InChI=1S/C24H21NS/c25-19-11-4-12-20-26-24(21-13-5-1-6-14-21,22-15-7-2-8-16-22)23-17-9-3-10-18-23/h1-11,13-18H,12,20H2. The molecule has 0 atom stereocenters. The zero-order valence-electron chi connectivity index (χ0n) is 14.6. The monoisotopic (exact) mass is 355 g/mol. The summed E-state index contributed by atoms with van der Waals surface area (Å²) >= 11 is 1.92. The summed E-state index contributed by atoms with van der Waals surface area (Å²) in [6, 6.07) is 34.1. The summed E-state index contributed by atoms with van der Waals surface area (Å²) in [6.07, 6.45) is 4.38. The van der Waals surface area contributed by atoms with E-state index in [0.717, 1.165) is 12.2 Å². The molecule has 0 saturated heterocycles. The molecule has 0 aliphatic carbocycles. The highest BCUT2D eigenvalue weighted by Gasteiger charge is 2.36. The van der Waals surface area contributed by atoms with Crippen LogP contribution in [-0.4, -0.2) is 5.75 Å². The van der Waals surface area contributed by atoms with Gasteiger partial charge < -0.3 is 0 Å². The number of hydrogen-bond donors (Lipinski definition) is 0. The first-order valence-corrected chi connectivity index (χ1v) is 9.71. The van der Waals surface area contributed by atoms with Crippen molar-refractivity contribution in [1.29, 1.82) is 5.26 Å². The van der Waals surface area contributed by atoms with Gasteiger partial charge >= 0.3 is 0 Å². The van der Waals surface area contributed by atoms with Crippen molar-refractivity contribution in [3.63, 3.8) is 0 Å². The van der Waals surface area contributed by atoms with Crippen molar-refractivity contribution >= 4 is 11.8 Å². The molecule has 0 amide bonds. The maximum absolute atomic E-state index is 8.72. The average molecular weight is 356 g/mol. The van der Waals surface area contributed by atoms with E-state index in [1.165, 1.54) is 16.7 Å². The molecule has 3 aromatic rings. The number of allylic oxidation sites excluding steroid dienone is 2. The van der Waals surface area contributed by atoms with Gasteiger partial charge in [-0.3, -0.25) is 0 Å². The second-order valence-electron chi connectivity index (χ2n) is 5.95. The fourth-order valence-corrected chi connectivity index (χ4v) is 4.65. The zero-order chi connectivity index (χ0) is 18.1. The van der Waals surface area contributed by atoms with Crippen LogP contribution in [-0.2, 0) is 4.75 Å². The quantitative estimate of drug-likeness (QED) is 0.287. The van der Waals surface area contributed by atoms with Gasteiger partial charge in [0.05, 0.1) is 10.8 Å². The highest BCUT2D eigenvalue weighted by molar-refractivity contribution is 8.00. The normalized spacial score (nSPS) is 11.3. The summed E-state index contributed by atoms with van der Waals surface area (Å²) in [5.41, 5.74) is 3.81. The number of benzene rings is 3. The molecule has 3 aromatic carbocycles. The third-order valence-corrected chi connectivity index (χ3v) is 5.92. The van der Waals surface area contributed by atoms with E-state index in [1.54, 1.807) is 6.08 Å². The molecule has 0 N–H and O–H groups in total. The van der Waals surface area contributed by atoms with Crippen molar-refractivity contribution in [3.05, 3.63) is 120 Å². The van der Waals surface area contributed by atoms with E-state index < -0.39 is 0 Å². The molecule has 0 fully saturated rings. The second-order valence-corrected chi connectivity index (χ2v) is 7.26. The molecule has 0 aliphatic heterocycles. The largest absolute Gasteiger partial charge is 0.193 e. The molecule has 0 aromatic heterocycles. The molecule has 0 aliphatic rings. The van der Waals surface area contributed by atoms with Gasteiger partial charge in [-0.25, -0.2) is 0 Å². The van der Waals surface area contributed by atoms with Crippen LogP contribution in [0.25, 0.3) is 0 Å². The summed E-state index contributed by atoms with van der Waals surface area (Å²) in [4.78, 5) is 0. The Hall–Kier alpha value is -2.76. The van der Waals surface area contributed by atoms with Gasteiger partial charge in [0.1, 0.15) is 0 Å². The van der Waals surface area contributed by atoms with Crippen molar-refractivity contribution in [2.45, 2.75) is 11.2 Å².